The van der Waals surface area contributed by atoms with Crippen LogP contribution in [0.5, 0.6) is 0 Å². The third-order valence-corrected chi connectivity index (χ3v) is 3.73. The summed E-state index contributed by atoms with van der Waals surface area (Å²) in [5, 5.41) is 0.608. The van der Waals surface area contributed by atoms with Crippen LogP contribution in [0.2, 0.25) is 5.02 Å². The summed E-state index contributed by atoms with van der Waals surface area (Å²) in [6, 6.07) is 11.4. The second-order valence-corrected chi connectivity index (χ2v) is 6.62. The van der Waals surface area contributed by atoms with Crippen LogP contribution in [0.3, 0.4) is 0 Å². The van der Waals surface area contributed by atoms with E-state index < -0.39 is 0 Å². The van der Waals surface area contributed by atoms with E-state index in [4.69, 9.17) is 21.8 Å². The largest absolute Gasteiger partial charge is 0.436 e. The fourth-order valence-corrected chi connectivity index (χ4v) is 2.39. The molecule has 0 saturated carbocycles. The molecule has 3 rings (SSSR count). The van der Waals surface area contributed by atoms with Gasteiger partial charge in [-0.25, -0.2) is 4.98 Å². The fourth-order valence-electron chi connectivity index (χ4n) is 2.22. The van der Waals surface area contributed by atoms with Gasteiger partial charge in [-0.05, 0) is 41.3 Å². The zero-order chi connectivity index (χ0) is 15.2. The van der Waals surface area contributed by atoms with Crippen molar-refractivity contribution in [2.45, 2.75) is 26.2 Å². The van der Waals surface area contributed by atoms with Gasteiger partial charge in [-0.2, -0.15) is 0 Å². The summed E-state index contributed by atoms with van der Waals surface area (Å²) in [6.07, 6.45) is 0. The number of fused-ring (bicyclic) bond motifs is 1. The predicted molar refractivity (Wildman–Crippen MR) is 87.6 cm³/mol. The van der Waals surface area contributed by atoms with Gasteiger partial charge in [0.2, 0.25) is 5.89 Å². The van der Waals surface area contributed by atoms with Crippen molar-refractivity contribution in [3.63, 3.8) is 0 Å². The van der Waals surface area contributed by atoms with E-state index in [0.717, 1.165) is 16.7 Å². The quantitative estimate of drug-likeness (QED) is 0.641. The molecule has 0 bridgehead atoms. The monoisotopic (exact) mass is 300 g/mol. The average molecular weight is 301 g/mol. The van der Waals surface area contributed by atoms with E-state index in [2.05, 4.69) is 37.9 Å². The molecule has 3 aromatic rings. The smallest absolute Gasteiger partial charge is 0.229 e. The number of aromatic nitrogens is 1. The number of benzene rings is 2. The molecule has 1 aromatic heterocycles. The Bertz CT molecular complexity index is 815. The highest BCUT2D eigenvalue weighted by atomic mass is 35.5. The topological polar surface area (TPSA) is 52.0 Å². The van der Waals surface area contributed by atoms with Crippen molar-refractivity contribution in [1.29, 1.82) is 0 Å². The lowest BCUT2D eigenvalue weighted by Gasteiger charge is -2.18. The lowest BCUT2D eigenvalue weighted by molar-refractivity contribution is 0.590. The van der Waals surface area contributed by atoms with Gasteiger partial charge in [0.15, 0.2) is 5.58 Å². The molecule has 0 aliphatic carbocycles. The van der Waals surface area contributed by atoms with Crippen LogP contribution in [-0.2, 0) is 5.41 Å². The van der Waals surface area contributed by atoms with E-state index in [1.165, 1.54) is 5.56 Å². The molecule has 0 aliphatic heterocycles. The average Bonchev–Trinajstić information content (AvgIpc) is 2.83. The number of hydrogen-bond acceptors (Lipinski definition) is 3. The van der Waals surface area contributed by atoms with Crippen molar-refractivity contribution in [2.75, 3.05) is 5.73 Å². The molecular weight excluding hydrogens is 284 g/mol. The first kappa shape index (κ1) is 14.0. The molecule has 1 heterocycles. The van der Waals surface area contributed by atoms with Gasteiger partial charge in [0, 0.05) is 10.7 Å². The van der Waals surface area contributed by atoms with E-state index in [1.807, 2.05) is 6.07 Å². The first-order valence-corrected chi connectivity index (χ1v) is 7.19. The van der Waals surface area contributed by atoms with Crippen LogP contribution in [-0.4, -0.2) is 4.98 Å². The minimum atomic E-state index is 0.0718. The van der Waals surface area contributed by atoms with Crippen molar-refractivity contribution in [2.24, 2.45) is 0 Å². The highest BCUT2D eigenvalue weighted by Crippen LogP contribution is 2.32. The predicted octanol–water partition coefficient (Wildman–Crippen LogP) is 5.03. The molecule has 0 unspecified atom stereocenters. The Morgan fingerprint density at radius 3 is 2.57 bits per heavy atom. The molecular formula is C17H17ClN2O. The maximum Gasteiger partial charge on any atom is 0.229 e. The third-order valence-electron chi connectivity index (χ3n) is 3.50. The SMILES string of the molecule is CC(C)(C)c1ccc2oc(-c3cc(Cl)ccc3N)nc2c1. The van der Waals surface area contributed by atoms with Crippen LogP contribution in [0.4, 0.5) is 5.69 Å². The van der Waals surface area contributed by atoms with Gasteiger partial charge in [0.25, 0.3) is 0 Å². The van der Waals surface area contributed by atoms with Crippen LogP contribution in [0, 0.1) is 0 Å². The molecule has 2 aromatic carbocycles. The molecule has 0 spiro atoms. The zero-order valence-corrected chi connectivity index (χ0v) is 13.0. The maximum absolute atomic E-state index is 6.03. The lowest BCUT2D eigenvalue weighted by Crippen LogP contribution is -2.10. The Balaban J connectivity index is 2.15. The summed E-state index contributed by atoms with van der Waals surface area (Å²) in [7, 11) is 0. The number of nitrogens with zero attached hydrogens (tertiary/aromatic N) is 1. The van der Waals surface area contributed by atoms with Crippen LogP contribution in [0.1, 0.15) is 26.3 Å². The number of anilines is 1. The van der Waals surface area contributed by atoms with Gasteiger partial charge in [-0.15, -0.1) is 0 Å². The molecule has 0 aliphatic rings. The minimum absolute atomic E-state index is 0.0718. The van der Waals surface area contributed by atoms with E-state index in [1.54, 1.807) is 18.2 Å². The normalized spacial score (nSPS) is 12.0. The summed E-state index contributed by atoms with van der Waals surface area (Å²) in [4.78, 5) is 4.55. The van der Waals surface area contributed by atoms with E-state index in [-0.39, 0.29) is 5.41 Å². The highest BCUT2D eigenvalue weighted by molar-refractivity contribution is 6.31. The molecule has 0 radical (unpaired) electrons. The number of oxazole rings is 1. The summed E-state index contributed by atoms with van der Waals surface area (Å²) < 4.78 is 5.81. The standard InChI is InChI=1S/C17H17ClN2O/c1-17(2,3)10-4-7-15-14(8-10)20-16(21-15)12-9-11(18)5-6-13(12)19/h4-9H,19H2,1-3H3. The third kappa shape index (κ3) is 2.61. The molecule has 21 heavy (non-hydrogen) atoms. The molecule has 0 atom stereocenters. The number of nitrogen functional groups attached to an aromatic ring is 1. The Labute approximate surface area is 128 Å². The Morgan fingerprint density at radius 2 is 1.86 bits per heavy atom. The van der Waals surface area contributed by atoms with Crippen molar-refractivity contribution in [3.8, 4) is 11.5 Å². The molecule has 3 nitrogen and oxygen atoms in total. The number of hydrogen-bond donors (Lipinski definition) is 1. The van der Waals surface area contributed by atoms with Crippen LogP contribution < -0.4 is 5.73 Å². The second-order valence-electron chi connectivity index (χ2n) is 6.18. The van der Waals surface area contributed by atoms with Gasteiger partial charge >= 0.3 is 0 Å². The van der Waals surface area contributed by atoms with E-state index in [0.29, 0.717) is 16.6 Å². The molecule has 0 fully saturated rings. The summed E-state index contributed by atoms with van der Waals surface area (Å²) >= 11 is 6.03. The lowest BCUT2D eigenvalue weighted by atomic mass is 9.87. The first-order valence-electron chi connectivity index (χ1n) is 6.81. The molecule has 0 saturated heterocycles. The van der Waals surface area contributed by atoms with Crippen molar-refractivity contribution < 1.29 is 4.42 Å². The maximum atomic E-state index is 6.03. The van der Waals surface area contributed by atoms with Gasteiger partial charge in [-0.1, -0.05) is 38.4 Å². The Hall–Kier alpha value is -2.00. The van der Waals surface area contributed by atoms with E-state index >= 15 is 0 Å². The van der Waals surface area contributed by atoms with Crippen molar-refractivity contribution in [3.05, 3.63) is 47.0 Å². The van der Waals surface area contributed by atoms with Gasteiger partial charge < -0.3 is 10.2 Å². The minimum Gasteiger partial charge on any atom is -0.436 e. The van der Waals surface area contributed by atoms with Crippen molar-refractivity contribution >= 4 is 28.4 Å². The highest BCUT2D eigenvalue weighted by Gasteiger charge is 2.17. The molecule has 108 valence electrons. The Morgan fingerprint density at radius 1 is 1.10 bits per heavy atom. The van der Waals surface area contributed by atoms with Crippen LogP contribution in [0.25, 0.3) is 22.6 Å². The fraction of sp³-hybridized carbons (Fsp3) is 0.235. The van der Waals surface area contributed by atoms with Crippen molar-refractivity contribution in [1.82, 2.24) is 4.98 Å². The van der Waals surface area contributed by atoms with Gasteiger partial charge in [-0.3, -0.25) is 0 Å². The van der Waals surface area contributed by atoms with Gasteiger partial charge in [0.05, 0.1) is 5.56 Å². The molecule has 0 amide bonds. The molecule has 4 heteroatoms. The zero-order valence-electron chi connectivity index (χ0n) is 12.3. The summed E-state index contributed by atoms with van der Waals surface area (Å²) in [5.74, 6) is 0.496. The number of rotatable bonds is 1. The summed E-state index contributed by atoms with van der Waals surface area (Å²) in [6.45, 7) is 6.51. The van der Waals surface area contributed by atoms with Crippen LogP contribution in [0.15, 0.2) is 40.8 Å². The molecule has 2 N–H and O–H groups in total. The Kier molecular flexibility index (Phi) is 3.18. The summed E-state index contributed by atoms with van der Waals surface area (Å²) in [5.41, 5.74) is 10.2. The number of halogens is 1. The van der Waals surface area contributed by atoms with E-state index in [9.17, 15) is 0 Å². The van der Waals surface area contributed by atoms with Gasteiger partial charge in [0.1, 0.15) is 5.52 Å². The number of nitrogens with two attached hydrogens (primary N) is 1. The first-order chi connectivity index (χ1) is 9.84. The second kappa shape index (κ2) is 4.78. The van der Waals surface area contributed by atoms with Crippen LogP contribution >= 0.6 is 11.6 Å².